The van der Waals surface area contributed by atoms with E-state index in [2.05, 4.69) is 0 Å². The summed E-state index contributed by atoms with van der Waals surface area (Å²) in [6.45, 7) is 3.38. The number of benzene rings is 2. The van der Waals surface area contributed by atoms with Gasteiger partial charge in [-0.1, -0.05) is 24.3 Å². The molecule has 3 aromatic rings. The number of rotatable bonds is 5. The van der Waals surface area contributed by atoms with Crippen LogP contribution in [-0.2, 0) is 12.1 Å². The van der Waals surface area contributed by atoms with Crippen LogP contribution in [0.5, 0.6) is 5.75 Å². The van der Waals surface area contributed by atoms with Gasteiger partial charge >= 0.3 is 6.18 Å². The van der Waals surface area contributed by atoms with Gasteiger partial charge in [-0.15, -0.1) is 0 Å². The number of carbonyl (C=O) groups excluding carboxylic acids is 1. The van der Waals surface area contributed by atoms with Crippen molar-refractivity contribution in [3.8, 4) is 11.4 Å². The molecule has 9 heteroatoms. The number of anilines is 1. The number of aromatic nitrogens is 1. The second kappa shape index (κ2) is 8.32. The second-order valence-electron chi connectivity index (χ2n) is 8.70. The van der Waals surface area contributed by atoms with E-state index in [1.165, 1.54) is 33.7 Å². The highest BCUT2D eigenvalue weighted by Crippen LogP contribution is 2.33. The van der Waals surface area contributed by atoms with E-state index in [4.69, 9.17) is 4.74 Å². The first-order valence-electron chi connectivity index (χ1n) is 10.6. The van der Waals surface area contributed by atoms with Gasteiger partial charge in [-0.3, -0.25) is 14.2 Å². The Morgan fingerprint density at radius 1 is 1.03 bits per heavy atom. The molecular formula is C25H23F3N2O4. The monoisotopic (exact) mass is 472 g/mol. The average molecular weight is 472 g/mol. The summed E-state index contributed by atoms with van der Waals surface area (Å²) in [6, 6.07) is 14.3. The molecule has 0 radical (unpaired) electrons. The Hall–Kier alpha value is -3.59. The lowest BCUT2D eigenvalue weighted by atomic mass is 9.98. The van der Waals surface area contributed by atoms with Crippen LogP contribution in [0.1, 0.15) is 41.0 Å². The predicted molar refractivity (Wildman–Crippen MR) is 121 cm³/mol. The SMILES string of the molecule is Cc1cc2c(n(-c3ccccc3OCC(F)(F)F)c1=O)CN(c1ccc(C(C)(C)O)cc1)C2=O. The zero-order chi connectivity index (χ0) is 24.8. The lowest BCUT2D eigenvalue weighted by molar-refractivity contribution is -0.153. The van der Waals surface area contributed by atoms with Crippen LogP contribution in [-0.4, -0.2) is 28.4 Å². The normalized spacial score (nSPS) is 13.9. The zero-order valence-corrected chi connectivity index (χ0v) is 18.8. The molecule has 2 aromatic carbocycles. The van der Waals surface area contributed by atoms with Crippen molar-refractivity contribution < 1.29 is 27.8 Å². The molecule has 4 rings (SSSR count). The number of carbonyl (C=O) groups is 1. The fourth-order valence-corrected chi connectivity index (χ4v) is 3.93. The molecule has 0 spiro atoms. The molecule has 0 saturated carbocycles. The Balaban J connectivity index is 1.78. The molecule has 0 atom stereocenters. The summed E-state index contributed by atoms with van der Waals surface area (Å²) in [5, 5.41) is 10.2. The lowest BCUT2D eigenvalue weighted by Gasteiger charge is -2.21. The number of fused-ring (bicyclic) bond motifs is 1. The van der Waals surface area contributed by atoms with Gasteiger partial charge in [-0.25, -0.2) is 0 Å². The number of pyridine rings is 1. The van der Waals surface area contributed by atoms with Gasteiger partial charge in [0.1, 0.15) is 5.75 Å². The molecule has 0 bridgehead atoms. The van der Waals surface area contributed by atoms with Crippen LogP contribution in [0.2, 0.25) is 0 Å². The van der Waals surface area contributed by atoms with Crippen LogP contribution in [0.15, 0.2) is 59.4 Å². The molecule has 34 heavy (non-hydrogen) atoms. The number of hydrogen-bond donors (Lipinski definition) is 1. The Morgan fingerprint density at radius 3 is 2.29 bits per heavy atom. The van der Waals surface area contributed by atoms with E-state index in [1.54, 1.807) is 51.1 Å². The Bertz CT molecular complexity index is 1310. The quantitative estimate of drug-likeness (QED) is 0.595. The minimum Gasteiger partial charge on any atom is -0.482 e. The highest BCUT2D eigenvalue weighted by Gasteiger charge is 2.34. The molecule has 1 aliphatic rings. The van der Waals surface area contributed by atoms with E-state index in [-0.39, 0.29) is 35.0 Å². The van der Waals surface area contributed by atoms with Crippen molar-refractivity contribution in [1.29, 1.82) is 0 Å². The molecule has 6 nitrogen and oxygen atoms in total. The van der Waals surface area contributed by atoms with Gasteiger partial charge in [0.15, 0.2) is 6.61 Å². The number of aliphatic hydroxyl groups is 1. The van der Waals surface area contributed by atoms with E-state index < -0.39 is 23.9 Å². The first kappa shape index (κ1) is 23.6. The van der Waals surface area contributed by atoms with Crippen LogP contribution in [0.4, 0.5) is 18.9 Å². The van der Waals surface area contributed by atoms with Crippen molar-refractivity contribution in [2.75, 3.05) is 11.5 Å². The third-order valence-corrected chi connectivity index (χ3v) is 5.65. The third kappa shape index (κ3) is 4.43. The summed E-state index contributed by atoms with van der Waals surface area (Å²) in [5.41, 5.74) is 0.782. The molecule has 0 saturated heterocycles. The Labute approximate surface area is 193 Å². The van der Waals surface area contributed by atoms with Gasteiger partial charge in [-0.05, 0) is 56.7 Å². The minimum atomic E-state index is -4.55. The molecule has 0 fully saturated rings. The lowest BCUT2D eigenvalue weighted by Crippen LogP contribution is -2.26. The molecular weight excluding hydrogens is 449 g/mol. The topological polar surface area (TPSA) is 71.8 Å². The van der Waals surface area contributed by atoms with E-state index in [0.29, 0.717) is 16.9 Å². The van der Waals surface area contributed by atoms with Crippen LogP contribution >= 0.6 is 0 Å². The maximum atomic E-state index is 13.2. The number of para-hydroxylation sites is 2. The highest BCUT2D eigenvalue weighted by molar-refractivity contribution is 6.09. The summed E-state index contributed by atoms with van der Waals surface area (Å²) >= 11 is 0. The van der Waals surface area contributed by atoms with Gasteiger partial charge < -0.3 is 14.7 Å². The highest BCUT2D eigenvalue weighted by atomic mass is 19.4. The smallest absolute Gasteiger partial charge is 0.422 e. The molecule has 1 aromatic heterocycles. The molecule has 1 aliphatic heterocycles. The summed E-state index contributed by atoms with van der Waals surface area (Å²) in [7, 11) is 0. The zero-order valence-electron chi connectivity index (χ0n) is 18.8. The van der Waals surface area contributed by atoms with Gasteiger partial charge in [0, 0.05) is 11.3 Å². The van der Waals surface area contributed by atoms with Gasteiger partial charge in [-0.2, -0.15) is 13.2 Å². The first-order chi connectivity index (χ1) is 15.9. The number of alkyl halides is 3. The number of hydrogen-bond acceptors (Lipinski definition) is 4. The first-order valence-corrected chi connectivity index (χ1v) is 10.6. The van der Waals surface area contributed by atoms with Crippen molar-refractivity contribution in [1.82, 2.24) is 4.57 Å². The summed E-state index contributed by atoms with van der Waals surface area (Å²) in [6.07, 6.45) is -4.55. The van der Waals surface area contributed by atoms with E-state index in [0.717, 1.165) is 0 Å². The summed E-state index contributed by atoms with van der Waals surface area (Å²) < 4.78 is 44.5. The number of ether oxygens (including phenoxy) is 1. The van der Waals surface area contributed by atoms with E-state index >= 15 is 0 Å². The van der Waals surface area contributed by atoms with Crippen molar-refractivity contribution in [3.63, 3.8) is 0 Å². The maximum Gasteiger partial charge on any atom is 0.422 e. The summed E-state index contributed by atoms with van der Waals surface area (Å²) in [4.78, 5) is 27.8. The Kier molecular flexibility index (Phi) is 5.77. The standard InChI is InChI=1S/C25H23F3N2O4/c1-15-12-18-20(13-29(23(18)32)17-10-8-16(9-11-17)24(2,3)33)30(22(15)31)19-6-4-5-7-21(19)34-14-25(26,27)28/h4-12,33H,13-14H2,1-3H3. The number of halogens is 3. The van der Waals surface area contributed by atoms with E-state index in [1.807, 2.05) is 0 Å². The number of amides is 1. The van der Waals surface area contributed by atoms with Gasteiger partial charge in [0.2, 0.25) is 0 Å². The molecule has 1 N–H and O–H groups in total. The summed E-state index contributed by atoms with van der Waals surface area (Å²) in [5.74, 6) is -0.452. The molecule has 2 heterocycles. The second-order valence-corrected chi connectivity index (χ2v) is 8.70. The third-order valence-electron chi connectivity index (χ3n) is 5.65. The minimum absolute atomic E-state index is 0.0408. The molecule has 0 aliphatic carbocycles. The molecule has 1 amide bonds. The van der Waals surface area contributed by atoms with E-state index in [9.17, 15) is 27.9 Å². The largest absolute Gasteiger partial charge is 0.482 e. The molecule has 0 unspecified atom stereocenters. The molecule has 178 valence electrons. The number of aryl methyl sites for hydroxylation is 1. The van der Waals surface area contributed by atoms with Crippen molar-refractivity contribution >= 4 is 11.6 Å². The number of nitrogens with zero attached hydrogens (tertiary/aromatic N) is 2. The van der Waals surface area contributed by atoms with Crippen molar-refractivity contribution in [2.24, 2.45) is 0 Å². The van der Waals surface area contributed by atoms with Crippen molar-refractivity contribution in [3.05, 3.63) is 87.3 Å². The maximum absolute atomic E-state index is 13.2. The Morgan fingerprint density at radius 2 is 1.68 bits per heavy atom. The predicted octanol–water partition coefficient (Wildman–Crippen LogP) is 4.47. The average Bonchev–Trinajstić information content (AvgIpc) is 3.08. The van der Waals surface area contributed by atoms with Crippen LogP contribution < -0.4 is 15.2 Å². The van der Waals surface area contributed by atoms with Gasteiger partial charge in [0.05, 0.1) is 29.1 Å². The van der Waals surface area contributed by atoms with Crippen LogP contribution in [0, 0.1) is 6.92 Å². The fraction of sp³-hybridized carbons (Fsp3) is 0.280. The van der Waals surface area contributed by atoms with Gasteiger partial charge in [0.25, 0.3) is 11.5 Å². The van der Waals surface area contributed by atoms with Crippen LogP contribution in [0.3, 0.4) is 0 Å². The van der Waals surface area contributed by atoms with Crippen molar-refractivity contribution in [2.45, 2.75) is 39.1 Å². The fourth-order valence-electron chi connectivity index (χ4n) is 3.93. The van der Waals surface area contributed by atoms with Crippen LogP contribution in [0.25, 0.3) is 5.69 Å².